The van der Waals surface area contributed by atoms with Gasteiger partial charge in [0.05, 0.1) is 7.11 Å². The Balaban J connectivity index is 2.44. The third-order valence-corrected chi connectivity index (χ3v) is 5.33. The molecule has 0 amide bonds. The maximum Gasteiger partial charge on any atom is 0.246 e. The van der Waals surface area contributed by atoms with Crippen molar-refractivity contribution in [2.45, 2.75) is 24.2 Å². The van der Waals surface area contributed by atoms with Crippen molar-refractivity contribution < 1.29 is 18.3 Å². The fraction of sp³-hybridized carbons (Fsp3) is 0.467. The maximum atomic E-state index is 12.7. The molecule has 1 fully saturated rings. The summed E-state index contributed by atoms with van der Waals surface area (Å²) in [6, 6.07) is 4.78. The van der Waals surface area contributed by atoms with Crippen LogP contribution >= 0.6 is 0 Å². The molecule has 1 N–H and O–H groups in total. The van der Waals surface area contributed by atoms with Crippen LogP contribution in [-0.2, 0) is 10.0 Å². The smallest absolute Gasteiger partial charge is 0.246 e. The second-order valence-corrected chi connectivity index (χ2v) is 6.70. The molecule has 0 unspecified atom stereocenters. The third kappa shape index (κ3) is 3.56. The zero-order chi connectivity index (χ0) is 15.3. The summed E-state index contributed by atoms with van der Waals surface area (Å²) in [6.45, 7) is 0.816. The lowest BCUT2D eigenvalue weighted by molar-refractivity contribution is 0.342. The van der Waals surface area contributed by atoms with Gasteiger partial charge in [0.15, 0.2) is 0 Å². The summed E-state index contributed by atoms with van der Waals surface area (Å²) in [7, 11) is -2.13. The summed E-state index contributed by atoms with van der Waals surface area (Å²) < 4.78 is 32.2. The zero-order valence-electron chi connectivity index (χ0n) is 12.0. The van der Waals surface area contributed by atoms with Crippen molar-refractivity contribution in [1.29, 1.82) is 0 Å². The Kier molecular flexibility index (Phi) is 5.23. The van der Waals surface area contributed by atoms with Gasteiger partial charge in [-0.15, -0.1) is 0 Å². The molecular formula is C15H19NO4S. The lowest BCUT2D eigenvalue weighted by Crippen LogP contribution is -2.35. The molecule has 5 nitrogen and oxygen atoms in total. The highest BCUT2D eigenvalue weighted by molar-refractivity contribution is 7.89. The number of piperidine rings is 1. The summed E-state index contributed by atoms with van der Waals surface area (Å²) in [5, 5.41) is 8.74. The molecule has 21 heavy (non-hydrogen) atoms. The Morgan fingerprint density at radius 1 is 1.29 bits per heavy atom. The number of aliphatic hydroxyl groups excluding tert-OH is 1. The van der Waals surface area contributed by atoms with Gasteiger partial charge in [-0.1, -0.05) is 18.3 Å². The molecule has 0 radical (unpaired) electrons. The van der Waals surface area contributed by atoms with E-state index in [4.69, 9.17) is 9.84 Å². The van der Waals surface area contributed by atoms with Crippen molar-refractivity contribution in [2.75, 3.05) is 26.8 Å². The van der Waals surface area contributed by atoms with E-state index in [0.717, 1.165) is 19.3 Å². The van der Waals surface area contributed by atoms with E-state index in [1.54, 1.807) is 12.1 Å². The molecule has 0 aromatic heterocycles. The van der Waals surface area contributed by atoms with Crippen molar-refractivity contribution >= 4 is 10.0 Å². The van der Waals surface area contributed by atoms with Crippen LogP contribution in [0.15, 0.2) is 23.1 Å². The van der Waals surface area contributed by atoms with Crippen molar-refractivity contribution in [2.24, 2.45) is 0 Å². The topological polar surface area (TPSA) is 66.8 Å². The van der Waals surface area contributed by atoms with Crippen LogP contribution in [0.1, 0.15) is 24.8 Å². The fourth-order valence-electron chi connectivity index (χ4n) is 2.34. The van der Waals surface area contributed by atoms with Gasteiger partial charge >= 0.3 is 0 Å². The number of nitrogens with zero attached hydrogens (tertiary/aromatic N) is 1. The average molecular weight is 309 g/mol. The Labute approximate surface area is 125 Å². The van der Waals surface area contributed by atoms with E-state index in [2.05, 4.69) is 11.8 Å². The molecule has 6 heteroatoms. The van der Waals surface area contributed by atoms with Crippen LogP contribution in [0, 0.1) is 11.8 Å². The predicted octanol–water partition coefficient (Wildman–Crippen LogP) is 1.21. The molecule has 1 saturated heterocycles. The fourth-order valence-corrected chi connectivity index (χ4v) is 4.04. The minimum atomic E-state index is -3.57. The summed E-state index contributed by atoms with van der Waals surface area (Å²) in [5.74, 6) is 5.55. The lowest BCUT2D eigenvalue weighted by Gasteiger charge is -2.26. The highest BCUT2D eigenvalue weighted by Gasteiger charge is 2.28. The van der Waals surface area contributed by atoms with E-state index in [0.29, 0.717) is 24.4 Å². The van der Waals surface area contributed by atoms with E-state index in [9.17, 15) is 8.42 Å². The van der Waals surface area contributed by atoms with E-state index in [-0.39, 0.29) is 11.5 Å². The molecule has 1 aliphatic rings. The summed E-state index contributed by atoms with van der Waals surface area (Å²) in [5.41, 5.74) is 0.542. The first-order valence-corrected chi connectivity index (χ1v) is 8.31. The highest BCUT2D eigenvalue weighted by atomic mass is 32.2. The number of hydrogen-bond donors (Lipinski definition) is 1. The van der Waals surface area contributed by atoms with Gasteiger partial charge in [-0.05, 0) is 31.0 Å². The monoisotopic (exact) mass is 309 g/mol. The molecule has 1 heterocycles. The van der Waals surface area contributed by atoms with Crippen LogP contribution in [0.5, 0.6) is 5.75 Å². The minimum Gasteiger partial charge on any atom is -0.495 e. The molecule has 1 aromatic carbocycles. The summed E-state index contributed by atoms with van der Waals surface area (Å²) >= 11 is 0. The Bertz CT molecular complexity index is 652. The van der Waals surface area contributed by atoms with Crippen LogP contribution < -0.4 is 4.74 Å². The lowest BCUT2D eigenvalue weighted by atomic mass is 10.2. The molecule has 114 valence electrons. The normalized spacial score (nSPS) is 16.1. The first kappa shape index (κ1) is 15.8. The van der Waals surface area contributed by atoms with Crippen LogP contribution in [0.2, 0.25) is 0 Å². The zero-order valence-corrected chi connectivity index (χ0v) is 12.8. The summed E-state index contributed by atoms with van der Waals surface area (Å²) in [4.78, 5) is 0.136. The standard InChI is InChI=1S/C15H19NO4S/c1-20-14-8-7-13(6-5-11-17)12-15(14)21(18,19)16-9-3-2-4-10-16/h7-8,12,17H,2-4,9-11H2,1H3. The van der Waals surface area contributed by atoms with Gasteiger partial charge in [-0.3, -0.25) is 0 Å². The number of rotatable bonds is 3. The van der Waals surface area contributed by atoms with Gasteiger partial charge < -0.3 is 9.84 Å². The molecule has 2 rings (SSSR count). The van der Waals surface area contributed by atoms with E-state index in [1.807, 2.05) is 0 Å². The van der Waals surface area contributed by atoms with Crippen molar-refractivity contribution in [3.05, 3.63) is 23.8 Å². The largest absolute Gasteiger partial charge is 0.495 e. The molecule has 0 aliphatic carbocycles. The van der Waals surface area contributed by atoms with Crippen molar-refractivity contribution in [3.8, 4) is 17.6 Å². The van der Waals surface area contributed by atoms with Gasteiger partial charge in [0.2, 0.25) is 10.0 Å². The predicted molar refractivity (Wildman–Crippen MR) is 79.6 cm³/mol. The van der Waals surface area contributed by atoms with Crippen molar-refractivity contribution in [3.63, 3.8) is 0 Å². The van der Waals surface area contributed by atoms with Crippen LogP contribution in [0.25, 0.3) is 0 Å². The molecular weight excluding hydrogens is 290 g/mol. The third-order valence-electron chi connectivity index (χ3n) is 3.41. The van der Waals surface area contributed by atoms with Crippen LogP contribution in [-0.4, -0.2) is 44.6 Å². The van der Waals surface area contributed by atoms with Gasteiger partial charge in [0.1, 0.15) is 17.3 Å². The van der Waals surface area contributed by atoms with Crippen molar-refractivity contribution in [1.82, 2.24) is 4.31 Å². The molecule has 1 aromatic rings. The molecule has 0 atom stereocenters. The quantitative estimate of drug-likeness (QED) is 0.852. The minimum absolute atomic E-state index is 0.136. The average Bonchev–Trinajstić information content (AvgIpc) is 2.53. The Hall–Kier alpha value is -1.55. The number of sulfonamides is 1. The van der Waals surface area contributed by atoms with Gasteiger partial charge in [-0.25, -0.2) is 8.42 Å². The molecule has 0 bridgehead atoms. The SMILES string of the molecule is COc1ccc(C#CCO)cc1S(=O)(=O)N1CCCCC1. The van der Waals surface area contributed by atoms with E-state index >= 15 is 0 Å². The summed E-state index contributed by atoms with van der Waals surface area (Å²) in [6.07, 6.45) is 2.82. The number of methoxy groups -OCH3 is 1. The maximum absolute atomic E-state index is 12.7. The Morgan fingerprint density at radius 2 is 2.00 bits per heavy atom. The van der Waals surface area contributed by atoms with E-state index < -0.39 is 10.0 Å². The number of hydrogen-bond acceptors (Lipinski definition) is 4. The van der Waals surface area contributed by atoms with Gasteiger partial charge in [0, 0.05) is 18.7 Å². The second kappa shape index (κ2) is 6.94. The van der Waals surface area contributed by atoms with Gasteiger partial charge in [0.25, 0.3) is 0 Å². The number of ether oxygens (including phenoxy) is 1. The van der Waals surface area contributed by atoms with Crippen LogP contribution in [0.4, 0.5) is 0 Å². The van der Waals surface area contributed by atoms with Gasteiger partial charge in [-0.2, -0.15) is 4.31 Å². The first-order chi connectivity index (χ1) is 10.1. The molecule has 0 saturated carbocycles. The number of aliphatic hydroxyl groups is 1. The van der Waals surface area contributed by atoms with E-state index in [1.165, 1.54) is 17.5 Å². The highest BCUT2D eigenvalue weighted by Crippen LogP contribution is 2.29. The Morgan fingerprint density at radius 3 is 2.62 bits per heavy atom. The molecule has 1 aliphatic heterocycles. The van der Waals surface area contributed by atoms with Crippen LogP contribution in [0.3, 0.4) is 0 Å². The molecule has 0 spiro atoms. The number of benzene rings is 1. The second-order valence-electron chi connectivity index (χ2n) is 4.79. The first-order valence-electron chi connectivity index (χ1n) is 6.87.